The second-order valence-electron chi connectivity index (χ2n) is 5.87. The number of piperidine rings is 1. The SMILES string of the molecule is O=C(CCCCS(=O)(=O)N1CCCCC1)NCc1ccncc1. The first-order valence-corrected chi connectivity index (χ1v) is 9.82. The number of nitrogens with zero attached hydrogens (tertiary/aromatic N) is 2. The molecule has 1 aliphatic heterocycles. The molecule has 0 bridgehead atoms. The predicted molar refractivity (Wildman–Crippen MR) is 89.1 cm³/mol. The van der Waals surface area contributed by atoms with Gasteiger partial charge in [0.1, 0.15) is 0 Å². The number of amides is 1. The summed E-state index contributed by atoms with van der Waals surface area (Å²) >= 11 is 0. The monoisotopic (exact) mass is 339 g/mol. The maximum absolute atomic E-state index is 12.2. The van der Waals surface area contributed by atoms with E-state index in [1.54, 1.807) is 16.7 Å². The third-order valence-electron chi connectivity index (χ3n) is 4.00. The third-order valence-corrected chi connectivity index (χ3v) is 5.96. The fourth-order valence-corrected chi connectivity index (χ4v) is 4.27. The number of nitrogens with one attached hydrogen (secondary N) is 1. The summed E-state index contributed by atoms with van der Waals surface area (Å²) in [5, 5.41) is 2.83. The van der Waals surface area contributed by atoms with Crippen molar-refractivity contribution < 1.29 is 13.2 Å². The molecule has 0 saturated carbocycles. The van der Waals surface area contributed by atoms with E-state index in [1.165, 1.54) is 0 Å². The Morgan fingerprint density at radius 1 is 1.13 bits per heavy atom. The molecule has 6 nitrogen and oxygen atoms in total. The summed E-state index contributed by atoms with van der Waals surface area (Å²) in [4.78, 5) is 15.7. The molecule has 0 atom stereocenters. The molecule has 2 rings (SSSR count). The number of sulfonamides is 1. The highest BCUT2D eigenvalue weighted by Gasteiger charge is 2.23. The number of carbonyl (C=O) groups excluding carboxylic acids is 1. The zero-order valence-corrected chi connectivity index (χ0v) is 14.2. The van der Waals surface area contributed by atoms with Gasteiger partial charge in [-0.3, -0.25) is 9.78 Å². The van der Waals surface area contributed by atoms with E-state index in [4.69, 9.17) is 0 Å². The maximum Gasteiger partial charge on any atom is 0.220 e. The Hall–Kier alpha value is -1.47. The first kappa shape index (κ1) is 17.9. The van der Waals surface area contributed by atoms with Crippen molar-refractivity contribution in [1.29, 1.82) is 0 Å². The van der Waals surface area contributed by atoms with Crippen molar-refractivity contribution in [3.05, 3.63) is 30.1 Å². The number of hydrogen-bond acceptors (Lipinski definition) is 4. The van der Waals surface area contributed by atoms with Crippen LogP contribution in [0.15, 0.2) is 24.5 Å². The van der Waals surface area contributed by atoms with E-state index in [9.17, 15) is 13.2 Å². The van der Waals surface area contributed by atoms with Gasteiger partial charge in [-0.25, -0.2) is 12.7 Å². The molecule has 7 heteroatoms. The fraction of sp³-hybridized carbons (Fsp3) is 0.625. The van der Waals surface area contributed by atoms with Gasteiger partial charge in [0, 0.05) is 38.4 Å². The van der Waals surface area contributed by atoms with Crippen molar-refractivity contribution in [2.75, 3.05) is 18.8 Å². The van der Waals surface area contributed by atoms with E-state index in [-0.39, 0.29) is 11.7 Å². The van der Waals surface area contributed by atoms with Gasteiger partial charge in [-0.05, 0) is 43.4 Å². The smallest absolute Gasteiger partial charge is 0.220 e. The fourth-order valence-electron chi connectivity index (χ4n) is 2.63. The molecule has 0 aromatic carbocycles. The molecule has 23 heavy (non-hydrogen) atoms. The number of pyridine rings is 1. The van der Waals surface area contributed by atoms with Crippen molar-refractivity contribution in [2.45, 2.75) is 45.1 Å². The topological polar surface area (TPSA) is 79.4 Å². The largest absolute Gasteiger partial charge is 0.352 e. The molecule has 0 unspecified atom stereocenters. The lowest BCUT2D eigenvalue weighted by Gasteiger charge is -2.25. The number of aromatic nitrogens is 1. The minimum absolute atomic E-state index is 0.0443. The average molecular weight is 339 g/mol. The van der Waals surface area contributed by atoms with Crippen LogP contribution in [0.25, 0.3) is 0 Å². The molecule has 1 aliphatic rings. The van der Waals surface area contributed by atoms with Gasteiger partial charge >= 0.3 is 0 Å². The van der Waals surface area contributed by atoms with Crippen LogP contribution in [0, 0.1) is 0 Å². The summed E-state index contributed by atoms with van der Waals surface area (Å²) in [6.07, 6.45) is 7.88. The van der Waals surface area contributed by atoms with Crippen LogP contribution >= 0.6 is 0 Å². The quantitative estimate of drug-likeness (QED) is 0.731. The Labute approximate surface area is 138 Å². The van der Waals surface area contributed by atoms with Gasteiger partial charge in [0.15, 0.2) is 0 Å². The van der Waals surface area contributed by atoms with Crippen LogP contribution in [0.2, 0.25) is 0 Å². The molecule has 2 heterocycles. The van der Waals surface area contributed by atoms with E-state index < -0.39 is 10.0 Å². The van der Waals surface area contributed by atoms with E-state index in [1.807, 2.05) is 12.1 Å². The lowest BCUT2D eigenvalue weighted by atomic mass is 10.2. The van der Waals surface area contributed by atoms with E-state index in [0.717, 1.165) is 24.8 Å². The van der Waals surface area contributed by atoms with Gasteiger partial charge in [0.25, 0.3) is 0 Å². The van der Waals surface area contributed by atoms with E-state index in [2.05, 4.69) is 10.3 Å². The molecule has 1 N–H and O–H groups in total. The molecule has 1 amide bonds. The lowest BCUT2D eigenvalue weighted by molar-refractivity contribution is -0.121. The van der Waals surface area contributed by atoms with Crippen LogP contribution < -0.4 is 5.32 Å². The summed E-state index contributed by atoms with van der Waals surface area (Å²) < 4.78 is 25.9. The van der Waals surface area contributed by atoms with Crippen LogP contribution in [-0.4, -0.2) is 42.5 Å². The predicted octanol–water partition coefficient (Wildman–Crippen LogP) is 1.68. The van der Waals surface area contributed by atoms with Gasteiger partial charge in [0.05, 0.1) is 5.75 Å². The molecule has 128 valence electrons. The Bertz CT molecular complexity index is 584. The molecule has 0 aliphatic carbocycles. The Morgan fingerprint density at radius 3 is 2.52 bits per heavy atom. The van der Waals surface area contributed by atoms with Gasteiger partial charge < -0.3 is 5.32 Å². The molecule has 0 spiro atoms. The Balaban J connectivity index is 1.61. The molecule has 1 aromatic rings. The van der Waals surface area contributed by atoms with Crippen LogP contribution in [0.5, 0.6) is 0 Å². The molecule has 1 aromatic heterocycles. The van der Waals surface area contributed by atoms with Crippen molar-refractivity contribution in [2.24, 2.45) is 0 Å². The minimum atomic E-state index is -3.14. The van der Waals surface area contributed by atoms with Crippen molar-refractivity contribution >= 4 is 15.9 Å². The summed E-state index contributed by atoms with van der Waals surface area (Å²) in [7, 11) is -3.14. The molecular weight excluding hydrogens is 314 g/mol. The molecule has 1 fully saturated rings. The van der Waals surface area contributed by atoms with Gasteiger partial charge in [-0.2, -0.15) is 0 Å². The normalized spacial score (nSPS) is 16.2. The van der Waals surface area contributed by atoms with Gasteiger partial charge in [-0.15, -0.1) is 0 Å². The van der Waals surface area contributed by atoms with E-state index in [0.29, 0.717) is 38.9 Å². The summed E-state index contributed by atoms with van der Waals surface area (Å²) in [5.74, 6) is 0.0992. The second kappa shape index (κ2) is 8.98. The van der Waals surface area contributed by atoms with Crippen LogP contribution in [-0.2, 0) is 21.4 Å². The molecule has 0 radical (unpaired) electrons. The number of rotatable bonds is 8. The average Bonchev–Trinajstić information content (AvgIpc) is 2.59. The van der Waals surface area contributed by atoms with Gasteiger partial charge in [-0.1, -0.05) is 6.42 Å². The maximum atomic E-state index is 12.2. The van der Waals surface area contributed by atoms with E-state index >= 15 is 0 Å². The highest BCUT2D eigenvalue weighted by atomic mass is 32.2. The van der Waals surface area contributed by atoms with Crippen LogP contribution in [0.1, 0.15) is 44.1 Å². The number of unbranched alkanes of at least 4 members (excludes halogenated alkanes) is 1. The summed E-state index contributed by atoms with van der Waals surface area (Å²) in [6, 6.07) is 3.71. The van der Waals surface area contributed by atoms with Crippen molar-refractivity contribution in [3.63, 3.8) is 0 Å². The van der Waals surface area contributed by atoms with Crippen LogP contribution in [0.3, 0.4) is 0 Å². The van der Waals surface area contributed by atoms with Crippen molar-refractivity contribution in [3.8, 4) is 0 Å². The first-order valence-electron chi connectivity index (χ1n) is 8.21. The zero-order valence-electron chi connectivity index (χ0n) is 13.4. The molecule has 1 saturated heterocycles. The minimum Gasteiger partial charge on any atom is -0.352 e. The lowest BCUT2D eigenvalue weighted by Crippen LogP contribution is -2.37. The third kappa shape index (κ3) is 6.27. The zero-order chi connectivity index (χ0) is 16.5. The Kier molecular flexibility index (Phi) is 6.98. The summed E-state index contributed by atoms with van der Waals surface area (Å²) in [5.41, 5.74) is 1.00. The van der Waals surface area contributed by atoms with Crippen LogP contribution in [0.4, 0.5) is 0 Å². The Morgan fingerprint density at radius 2 is 1.83 bits per heavy atom. The standard InChI is InChI=1S/C16H25N3O3S/c20-16(18-14-15-7-9-17-10-8-15)6-2-5-13-23(21,22)19-11-3-1-4-12-19/h7-10H,1-6,11-14H2,(H,18,20). The highest BCUT2D eigenvalue weighted by Crippen LogP contribution is 2.14. The second-order valence-corrected chi connectivity index (χ2v) is 7.95. The molecular formula is C16H25N3O3S. The van der Waals surface area contributed by atoms with Gasteiger partial charge in [0.2, 0.25) is 15.9 Å². The summed E-state index contributed by atoms with van der Waals surface area (Å²) in [6.45, 7) is 1.77. The van der Waals surface area contributed by atoms with Crippen molar-refractivity contribution in [1.82, 2.24) is 14.6 Å². The first-order chi connectivity index (χ1) is 11.1. The number of hydrogen-bond donors (Lipinski definition) is 1. The highest BCUT2D eigenvalue weighted by molar-refractivity contribution is 7.89. The number of carbonyl (C=O) groups is 1.